The molecule has 3 N–H and O–H groups in total. The molecule has 0 spiro atoms. The van der Waals surface area contributed by atoms with Crippen molar-refractivity contribution in [2.75, 3.05) is 41.1 Å². The van der Waals surface area contributed by atoms with Gasteiger partial charge in [-0.25, -0.2) is 4.79 Å². The molecule has 6 unspecified atom stereocenters. The summed E-state index contributed by atoms with van der Waals surface area (Å²) < 4.78 is 25.5. The van der Waals surface area contributed by atoms with Gasteiger partial charge in [0.25, 0.3) is 0 Å². The number of aliphatic hydroxyl groups is 2. The molecule has 3 aliphatic rings. The van der Waals surface area contributed by atoms with Gasteiger partial charge in [-0.3, -0.25) is 4.79 Å². The van der Waals surface area contributed by atoms with Crippen molar-refractivity contribution in [1.82, 2.24) is 10.2 Å². The number of nitrogens with zero attached hydrogens (tertiary/aromatic N) is 2. The number of nitrogens with one attached hydrogen (secondary N) is 1. The summed E-state index contributed by atoms with van der Waals surface area (Å²) in [5.41, 5.74) is 4.22. The van der Waals surface area contributed by atoms with Gasteiger partial charge < -0.3 is 44.2 Å². The smallest absolute Gasteiger partial charge is 0.412 e. The molecule has 1 fully saturated rings. The van der Waals surface area contributed by atoms with Crippen molar-refractivity contribution in [3.63, 3.8) is 0 Å². The first-order chi connectivity index (χ1) is 28.3. The maximum atomic E-state index is 14.4. The van der Waals surface area contributed by atoms with Gasteiger partial charge in [-0.1, -0.05) is 72.6 Å². The topological polar surface area (TPSA) is 148 Å². The zero-order valence-electron chi connectivity index (χ0n) is 33.8. The average molecular weight is 796 g/mol. The number of methoxy groups -OCH3 is 1. The molecule has 310 valence electrons. The number of likely N-dealkylation sites (N-methyl/N-ethyl adjacent to an activating group) is 1. The van der Waals surface area contributed by atoms with Gasteiger partial charge in [-0.2, -0.15) is 0 Å². The van der Waals surface area contributed by atoms with Crippen LogP contribution in [-0.4, -0.2) is 85.7 Å². The third-order valence-electron chi connectivity index (χ3n) is 11.7. The van der Waals surface area contributed by atoms with E-state index >= 15 is 0 Å². The summed E-state index contributed by atoms with van der Waals surface area (Å²) in [7, 11) is 4.90. The molecule has 6 atom stereocenters. The Morgan fingerprint density at radius 1 is 0.966 bits per heavy atom. The Morgan fingerprint density at radius 3 is 2.45 bits per heavy atom. The molecule has 58 heavy (non-hydrogen) atoms. The second kappa shape index (κ2) is 20.0. The number of aliphatic hydroxyl groups excluding tert-OH is 2. The van der Waals surface area contributed by atoms with E-state index in [0.717, 1.165) is 47.9 Å². The van der Waals surface area contributed by atoms with Crippen molar-refractivity contribution in [2.45, 2.75) is 75.7 Å². The van der Waals surface area contributed by atoms with E-state index in [0.29, 0.717) is 42.3 Å². The fourth-order valence-corrected chi connectivity index (χ4v) is 9.07. The van der Waals surface area contributed by atoms with E-state index in [-0.39, 0.29) is 56.3 Å². The molecule has 1 heterocycles. The minimum Gasteiger partial charge on any atom is -0.497 e. The Kier molecular flexibility index (Phi) is 14.6. The first kappa shape index (κ1) is 42.4. The van der Waals surface area contributed by atoms with Crippen LogP contribution in [0.25, 0.3) is 0 Å². The van der Waals surface area contributed by atoms with E-state index in [9.17, 15) is 19.8 Å². The molecule has 0 aromatic heterocycles. The summed E-state index contributed by atoms with van der Waals surface area (Å²) in [5.74, 6) is -0.583. The number of carbonyl (C=O) groups excluding carboxylic acids is 2. The summed E-state index contributed by atoms with van der Waals surface area (Å²) in [5, 5.41) is 27.1. The van der Waals surface area contributed by atoms with Crippen LogP contribution in [0.4, 0.5) is 4.79 Å². The second-order valence-electron chi connectivity index (χ2n) is 15.2. The average Bonchev–Trinajstić information content (AvgIpc) is 3.24. The van der Waals surface area contributed by atoms with Crippen LogP contribution in [0.3, 0.4) is 0 Å². The lowest BCUT2D eigenvalue weighted by Crippen LogP contribution is -2.69. The second-order valence-corrected chi connectivity index (χ2v) is 15.2. The lowest BCUT2D eigenvalue weighted by atomic mass is 9.55. The maximum absolute atomic E-state index is 14.4. The van der Waals surface area contributed by atoms with E-state index in [4.69, 9.17) is 23.8 Å². The van der Waals surface area contributed by atoms with E-state index in [1.807, 2.05) is 66.7 Å². The van der Waals surface area contributed by atoms with Crippen LogP contribution in [0.15, 0.2) is 102 Å². The molecule has 3 aromatic carbocycles. The van der Waals surface area contributed by atoms with Crippen LogP contribution in [0, 0.1) is 17.8 Å². The van der Waals surface area contributed by atoms with Gasteiger partial charge in [0.15, 0.2) is 0 Å². The maximum Gasteiger partial charge on any atom is 0.412 e. The van der Waals surface area contributed by atoms with Gasteiger partial charge in [0.1, 0.15) is 30.4 Å². The molecule has 0 bridgehead atoms. The molecule has 2 aliphatic carbocycles. The highest BCUT2D eigenvalue weighted by Crippen LogP contribution is 2.61. The van der Waals surface area contributed by atoms with Gasteiger partial charge in [0.05, 0.1) is 31.8 Å². The Bertz CT molecular complexity index is 1930. The minimum absolute atomic E-state index is 0.0239. The zero-order chi connectivity index (χ0) is 41.1. The number of hydrogen-bond acceptors (Lipinski definition) is 10. The van der Waals surface area contributed by atoms with Crippen molar-refractivity contribution >= 4 is 17.7 Å². The summed E-state index contributed by atoms with van der Waals surface area (Å²) in [4.78, 5) is 34.7. The lowest BCUT2D eigenvalue weighted by molar-refractivity contribution is -0.255. The number of rotatable bonds is 19. The van der Waals surface area contributed by atoms with Crippen LogP contribution < -0.4 is 19.5 Å². The predicted molar refractivity (Wildman–Crippen MR) is 221 cm³/mol. The molecule has 1 saturated carbocycles. The Morgan fingerprint density at radius 2 is 1.72 bits per heavy atom. The molecule has 12 heteroatoms. The first-order valence-corrected chi connectivity index (χ1v) is 20.3. The largest absolute Gasteiger partial charge is 0.497 e. The van der Waals surface area contributed by atoms with Crippen molar-refractivity contribution in [2.24, 2.45) is 22.9 Å². The van der Waals surface area contributed by atoms with E-state index in [1.54, 1.807) is 31.2 Å². The molecule has 0 saturated heterocycles. The molecule has 6 rings (SSSR count). The fourth-order valence-electron chi connectivity index (χ4n) is 9.07. The molecular formula is C46H57N3O9. The first-order valence-electron chi connectivity index (χ1n) is 20.3. The third-order valence-corrected chi connectivity index (χ3v) is 11.7. The molecular weight excluding hydrogens is 739 g/mol. The monoisotopic (exact) mass is 795 g/mol. The number of carbonyl (C=O) groups is 2. The zero-order valence-corrected chi connectivity index (χ0v) is 33.8. The van der Waals surface area contributed by atoms with Crippen LogP contribution >= 0.6 is 0 Å². The summed E-state index contributed by atoms with van der Waals surface area (Å²) >= 11 is 0. The van der Waals surface area contributed by atoms with Crippen molar-refractivity contribution in [3.8, 4) is 17.2 Å². The van der Waals surface area contributed by atoms with Crippen LogP contribution in [-0.2, 0) is 27.3 Å². The number of benzene rings is 3. The van der Waals surface area contributed by atoms with Gasteiger partial charge in [-0.05, 0) is 84.6 Å². The third kappa shape index (κ3) is 9.41. The minimum atomic E-state index is -1.38. The summed E-state index contributed by atoms with van der Waals surface area (Å²) in [6.07, 6.45) is 8.28. The highest BCUT2D eigenvalue weighted by molar-refractivity contribution is 6.03. The molecule has 2 amide bonds. The Labute approximate surface area is 341 Å². The number of amides is 2. The SMILES string of the molecule is C=CCOC12Oc3ccc(OC(=O)NCc4ccccc4)cc3C3C(CCCCO)C(CCCCO)C=C(C(=NOC)CC1N(C)C(=O)Cc1cccc(OC)c1)C32. The van der Waals surface area contributed by atoms with Gasteiger partial charge >= 0.3 is 6.09 Å². The number of unbranched alkanes of at least 4 members (excludes halogenated alkanes) is 2. The van der Waals surface area contributed by atoms with Crippen LogP contribution in [0.5, 0.6) is 17.2 Å². The van der Waals surface area contributed by atoms with Crippen molar-refractivity contribution in [3.05, 3.63) is 114 Å². The van der Waals surface area contributed by atoms with Gasteiger partial charge in [-0.15, -0.1) is 6.58 Å². The number of oxime groups is 1. The summed E-state index contributed by atoms with van der Waals surface area (Å²) in [6.45, 7) is 4.61. The van der Waals surface area contributed by atoms with E-state index in [2.05, 4.69) is 23.1 Å². The Balaban J connectivity index is 1.47. The van der Waals surface area contributed by atoms with Crippen molar-refractivity contribution in [1.29, 1.82) is 0 Å². The molecule has 1 aliphatic heterocycles. The molecule has 3 aromatic rings. The normalized spacial score (nSPS) is 23.7. The number of fused-ring (bicyclic) bond motifs is 2. The van der Waals surface area contributed by atoms with E-state index in [1.165, 1.54) is 7.11 Å². The fraction of sp³-hybridized carbons (Fsp3) is 0.457. The Hall–Kier alpha value is -5.17. The molecule has 0 radical (unpaired) electrons. The van der Waals surface area contributed by atoms with Crippen LogP contribution in [0.2, 0.25) is 0 Å². The quantitative estimate of drug-likeness (QED) is 0.0666. The predicted octanol–water partition coefficient (Wildman–Crippen LogP) is 6.95. The van der Waals surface area contributed by atoms with Gasteiger partial charge in [0.2, 0.25) is 11.7 Å². The van der Waals surface area contributed by atoms with Crippen LogP contribution in [0.1, 0.15) is 67.6 Å². The van der Waals surface area contributed by atoms with E-state index < -0.39 is 23.8 Å². The standard InChI is InChI=1S/C46H57N3O9/c1-5-24-56-46-41(49(2)42(52)26-32-16-13-18-34(25-32)54-3)29-39(48-55-4)37-27-33(17-9-11-22-50)36(19-10-12-23-51)43(44(37)46)38-28-35(20-21-40(38)58-46)57-45(53)47-30-31-14-7-6-8-15-31/h5-8,13-16,18,20-21,25,27-28,33,36,41,43-44,50-51H,1,9-12,17,19,22-24,26,29-30H2,2-4H3,(H,47,53). The highest BCUT2D eigenvalue weighted by Gasteiger charge is 2.65. The summed E-state index contributed by atoms with van der Waals surface area (Å²) in [6, 6.07) is 21.9. The highest BCUT2D eigenvalue weighted by atomic mass is 16.7. The van der Waals surface area contributed by atoms with Crippen molar-refractivity contribution < 1.29 is 43.6 Å². The number of hydrogen-bond donors (Lipinski definition) is 3. The lowest BCUT2D eigenvalue weighted by Gasteiger charge is -2.59. The molecule has 12 nitrogen and oxygen atoms in total. The number of ether oxygens (including phenoxy) is 4. The van der Waals surface area contributed by atoms with Gasteiger partial charge in [0, 0.05) is 44.7 Å². The number of allylic oxidation sites excluding steroid dienone is 1.